The van der Waals surface area contributed by atoms with Crippen molar-refractivity contribution in [2.45, 2.75) is 32.9 Å². The first-order valence-electron chi connectivity index (χ1n) is 6.02. The quantitative estimate of drug-likeness (QED) is 0.875. The number of rotatable bonds is 4. The summed E-state index contributed by atoms with van der Waals surface area (Å²) in [7, 11) is 0. The van der Waals surface area contributed by atoms with Gasteiger partial charge in [0, 0.05) is 24.3 Å². The van der Waals surface area contributed by atoms with Gasteiger partial charge >= 0.3 is 0 Å². The zero-order chi connectivity index (χ0) is 12.3. The predicted octanol–water partition coefficient (Wildman–Crippen LogP) is 2.45. The van der Waals surface area contributed by atoms with Crippen LogP contribution >= 0.6 is 0 Å². The van der Waals surface area contributed by atoms with E-state index in [0.717, 1.165) is 18.5 Å². The molecule has 1 aromatic heterocycles. The second kappa shape index (κ2) is 5.15. The molecule has 1 aromatic carbocycles. The van der Waals surface area contributed by atoms with Crippen LogP contribution < -0.4 is 5.73 Å². The lowest BCUT2D eigenvalue weighted by molar-refractivity contribution is 0.655. The molecule has 2 rings (SSSR count). The zero-order valence-corrected chi connectivity index (χ0v) is 10.4. The molecule has 0 saturated heterocycles. The van der Waals surface area contributed by atoms with Gasteiger partial charge in [-0.1, -0.05) is 29.8 Å². The largest absolute Gasteiger partial charge is 0.324 e. The Bertz CT molecular complexity index is 470. The molecule has 1 atom stereocenters. The number of benzene rings is 1. The average Bonchev–Trinajstić information content (AvgIpc) is 2.81. The van der Waals surface area contributed by atoms with Gasteiger partial charge in [-0.15, -0.1) is 0 Å². The maximum absolute atomic E-state index is 6.18. The van der Waals surface area contributed by atoms with Crippen LogP contribution in [0.25, 0.3) is 0 Å². The molecule has 0 saturated carbocycles. The molecular formula is C14H19N3. The molecule has 0 amide bonds. The topological polar surface area (TPSA) is 43.8 Å². The summed E-state index contributed by atoms with van der Waals surface area (Å²) in [6.45, 7) is 5.05. The van der Waals surface area contributed by atoms with Crippen molar-refractivity contribution in [1.29, 1.82) is 0 Å². The fourth-order valence-corrected chi connectivity index (χ4v) is 1.84. The first-order chi connectivity index (χ1) is 8.19. The van der Waals surface area contributed by atoms with Gasteiger partial charge in [-0.2, -0.15) is 5.10 Å². The SMILES string of the molecule is CCn1cc(C(N)Cc2ccc(C)cc2)cn1. The van der Waals surface area contributed by atoms with Crippen LogP contribution in [-0.4, -0.2) is 9.78 Å². The summed E-state index contributed by atoms with van der Waals surface area (Å²) in [6.07, 6.45) is 4.75. The standard InChI is InChI=1S/C14H19N3/c1-3-17-10-13(9-16-17)14(15)8-12-6-4-11(2)5-7-12/h4-7,9-10,14H,3,8,15H2,1-2H3. The minimum atomic E-state index is 0.0259. The summed E-state index contributed by atoms with van der Waals surface area (Å²) in [5.74, 6) is 0. The lowest BCUT2D eigenvalue weighted by atomic mass is 10.0. The van der Waals surface area contributed by atoms with Crippen molar-refractivity contribution in [3.63, 3.8) is 0 Å². The smallest absolute Gasteiger partial charge is 0.0537 e. The maximum Gasteiger partial charge on any atom is 0.0537 e. The van der Waals surface area contributed by atoms with E-state index in [2.05, 4.69) is 43.2 Å². The van der Waals surface area contributed by atoms with Crippen LogP contribution in [0.15, 0.2) is 36.7 Å². The highest BCUT2D eigenvalue weighted by atomic mass is 15.3. The summed E-state index contributed by atoms with van der Waals surface area (Å²) >= 11 is 0. The molecule has 0 aliphatic heterocycles. The summed E-state index contributed by atoms with van der Waals surface area (Å²) in [5.41, 5.74) is 9.83. The highest BCUT2D eigenvalue weighted by Gasteiger charge is 2.09. The molecule has 17 heavy (non-hydrogen) atoms. The Morgan fingerprint density at radius 3 is 2.59 bits per heavy atom. The summed E-state index contributed by atoms with van der Waals surface area (Å²) in [6, 6.07) is 8.55. The van der Waals surface area contributed by atoms with Crippen LogP contribution in [0.4, 0.5) is 0 Å². The second-order valence-corrected chi connectivity index (χ2v) is 4.43. The highest BCUT2D eigenvalue weighted by molar-refractivity contribution is 5.24. The lowest BCUT2D eigenvalue weighted by Crippen LogP contribution is -2.12. The molecule has 0 fully saturated rings. The number of nitrogens with zero attached hydrogens (tertiary/aromatic N) is 2. The molecule has 1 heterocycles. The third-order valence-corrected chi connectivity index (χ3v) is 2.98. The van der Waals surface area contributed by atoms with Gasteiger partial charge in [0.05, 0.1) is 6.20 Å². The molecule has 90 valence electrons. The lowest BCUT2D eigenvalue weighted by Gasteiger charge is -2.09. The van der Waals surface area contributed by atoms with Gasteiger partial charge in [0.1, 0.15) is 0 Å². The Morgan fingerprint density at radius 1 is 1.29 bits per heavy atom. The predicted molar refractivity (Wildman–Crippen MR) is 69.7 cm³/mol. The van der Waals surface area contributed by atoms with E-state index in [4.69, 9.17) is 5.73 Å². The fourth-order valence-electron chi connectivity index (χ4n) is 1.84. The van der Waals surface area contributed by atoms with Gasteiger partial charge < -0.3 is 5.73 Å². The first kappa shape index (κ1) is 11.9. The van der Waals surface area contributed by atoms with Crippen LogP contribution in [0.3, 0.4) is 0 Å². The van der Waals surface area contributed by atoms with Gasteiger partial charge in [-0.3, -0.25) is 4.68 Å². The van der Waals surface area contributed by atoms with Gasteiger partial charge in [-0.25, -0.2) is 0 Å². The third kappa shape index (κ3) is 2.94. The van der Waals surface area contributed by atoms with Crippen LogP contribution in [0, 0.1) is 6.92 Å². The number of hydrogen-bond acceptors (Lipinski definition) is 2. The molecule has 3 nitrogen and oxygen atoms in total. The average molecular weight is 229 g/mol. The second-order valence-electron chi connectivity index (χ2n) is 4.43. The number of aryl methyl sites for hydroxylation is 2. The highest BCUT2D eigenvalue weighted by Crippen LogP contribution is 2.15. The summed E-state index contributed by atoms with van der Waals surface area (Å²) in [4.78, 5) is 0. The Labute approximate surface area is 102 Å². The Kier molecular flexibility index (Phi) is 3.59. The van der Waals surface area contributed by atoms with Gasteiger partial charge in [-0.05, 0) is 25.8 Å². The number of hydrogen-bond donors (Lipinski definition) is 1. The van der Waals surface area contributed by atoms with Gasteiger partial charge in [0.25, 0.3) is 0 Å². The molecule has 0 radical (unpaired) electrons. The van der Waals surface area contributed by atoms with Crippen molar-refractivity contribution in [3.05, 3.63) is 53.3 Å². The Morgan fingerprint density at radius 2 is 2.00 bits per heavy atom. The van der Waals surface area contributed by atoms with Crippen molar-refractivity contribution in [3.8, 4) is 0 Å². The van der Waals surface area contributed by atoms with Crippen molar-refractivity contribution in [2.75, 3.05) is 0 Å². The van der Waals surface area contributed by atoms with E-state index in [0.29, 0.717) is 0 Å². The summed E-state index contributed by atoms with van der Waals surface area (Å²) < 4.78 is 1.91. The first-order valence-corrected chi connectivity index (χ1v) is 6.02. The molecule has 0 aliphatic carbocycles. The number of nitrogens with two attached hydrogens (primary N) is 1. The normalized spacial score (nSPS) is 12.6. The van der Waals surface area contributed by atoms with E-state index in [1.54, 1.807) is 0 Å². The van der Waals surface area contributed by atoms with Gasteiger partial charge in [0.2, 0.25) is 0 Å². The minimum absolute atomic E-state index is 0.0259. The van der Waals surface area contributed by atoms with E-state index >= 15 is 0 Å². The summed E-state index contributed by atoms with van der Waals surface area (Å²) in [5, 5.41) is 4.25. The minimum Gasteiger partial charge on any atom is -0.324 e. The van der Waals surface area contributed by atoms with Crippen LogP contribution in [0.1, 0.15) is 29.7 Å². The van der Waals surface area contributed by atoms with Crippen molar-refractivity contribution in [2.24, 2.45) is 5.73 Å². The zero-order valence-electron chi connectivity index (χ0n) is 10.4. The van der Waals surface area contributed by atoms with Crippen molar-refractivity contribution >= 4 is 0 Å². The van der Waals surface area contributed by atoms with Crippen LogP contribution in [0.5, 0.6) is 0 Å². The number of aromatic nitrogens is 2. The molecule has 2 aromatic rings. The Balaban J connectivity index is 2.05. The van der Waals surface area contributed by atoms with E-state index in [9.17, 15) is 0 Å². The van der Waals surface area contributed by atoms with Crippen LogP contribution in [-0.2, 0) is 13.0 Å². The Hall–Kier alpha value is -1.61. The molecular weight excluding hydrogens is 210 g/mol. The van der Waals surface area contributed by atoms with Crippen molar-refractivity contribution in [1.82, 2.24) is 9.78 Å². The fraction of sp³-hybridized carbons (Fsp3) is 0.357. The van der Waals surface area contributed by atoms with E-state index in [1.807, 2.05) is 17.1 Å². The monoisotopic (exact) mass is 229 g/mol. The van der Waals surface area contributed by atoms with E-state index in [1.165, 1.54) is 11.1 Å². The molecule has 2 N–H and O–H groups in total. The van der Waals surface area contributed by atoms with Crippen LogP contribution in [0.2, 0.25) is 0 Å². The van der Waals surface area contributed by atoms with Gasteiger partial charge in [0.15, 0.2) is 0 Å². The maximum atomic E-state index is 6.18. The third-order valence-electron chi connectivity index (χ3n) is 2.98. The molecule has 1 unspecified atom stereocenters. The van der Waals surface area contributed by atoms with E-state index in [-0.39, 0.29) is 6.04 Å². The van der Waals surface area contributed by atoms with E-state index < -0.39 is 0 Å². The van der Waals surface area contributed by atoms with Crippen molar-refractivity contribution < 1.29 is 0 Å². The molecule has 0 bridgehead atoms. The molecule has 0 spiro atoms. The molecule has 3 heteroatoms. The molecule has 0 aliphatic rings.